The van der Waals surface area contributed by atoms with Crippen molar-refractivity contribution >= 4 is 12.3 Å². The van der Waals surface area contributed by atoms with Crippen LogP contribution in [0.25, 0.3) is 11.1 Å². The zero-order chi connectivity index (χ0) is 24.8. The molecule has 2 aromatic carbocycles. The molecule has 1 saturated carbocycles. The normalized spacial score (nSPS) is 14.2. The van der Waals surface area contributed by atoms with Gasteiger partial charge in [-0.25, -0.2) is 9.59 Å². The van der Waals surface area contributed by atoms with Crippen molar-refractivity contribution in [2.75, 3.05) is 0 Å². The second kappa shape index (κ2) is 11.3. The smallest absolute Gasteiger partial charge is 0.336 e. The number of aromatic carboxylic acids is 1. The van der Waals surface area contributed by atoms with E-state index in [2.05, 4.69) is 6.92 Å². The molecule has 4 rings (SSSR count). The molecule has 6 nitrogen and oxygen atoms in total. The number of hydrogen-bond donors (Lipinski definition) is 1. The van der Waals surface area contributed by atoms with E-state index in [1.165, 1.54) is 32.1 Å². The number of nitrogens with zero attached hydrogens (tertiary/aromatic N) is 2. The first kappa shape index (κ1) is 24.7. The van der Waals surface area contributed by atoms with Gasteiger partial charge in [0, 0.05) is 6.54 Å². The van der Waals surface area contributed by atoms with Crippen LogP contribution in [0, 0.1) is 5.92 Å². The quantitative estimate of drug-likeness (QED) is 0.377. The van der Waals surface area contributed by atoms with E-state index in [9.17, 15) is 19.5 Å². The molecule has 0 saturated heterocycles. The SMILES string of the molecule is CCCc1c(C=O)n(CCC2CCCCC2)c(=O)n1Cc1ccc(-c2ccccc2C(=O)O)cc1. The minimum absolute atomic E-state index is 0.119. The van der Waals surface area contributed by atoms with Gasteiger partial charge in [-0.3, -0.25) is 13.9 Å². The van der Waals surface area contributed by atoms with Gasteiger partial charge in [-0.1, -0.05) is 87.9 Å². The van der Waals surface area contributed by atoms with E-state index in [1.54, 1.807) is 27.3 Å². The summed E-state index contributed by atoms with van der Waals surface area (Å²) in [7, 11) is 0. The summed E-state index contributed by atoms with van der Waals surface area (Å²) in [4.78, 5) is 37.1. The maximum absolute atomic E-state index is 13.4. The number of benzene rings is 2. The number of aromatic nitrogens is 2. The van der Waals surface area contributed by atoms with Crippen LogP contribution in [0.4, 0.5) is 0 Å². The van der Waals surface area contributed by atoms with Gasteiger partial charge in [-0.05, 0) is 41.5 Å². The fraction of sp³-hybridized carbons (Fsp3) is 0.414. The van der Waals surface area contributed by atoms with Crippen LogP contribution in [0.2, 0.25) is 0 Å². The van der Waals surface area contributed by atoms with Crippen molar-refractivity contribution in [2.45, 2.75) is 71.4 Å². The van der Waals surface area contributed by atoms with E-state index in [4.69, 9.17) is 0 Å². The Bertz CT molecular complexity index is 1230. The molecule has 0 unspecified atom stereocenters. The summed E-state index contributed by atoms with van der Waals surface area (Å²) in [5, 5.41) is 9.50. The second-order valence-electron chi connectivity index (χ2n) is 9.56. The van der Waals surface area contributed by atoms with Gasteiger partial charge in [0.25, 0.3) is 0 Å². The van der Waals surface area contributed by atoms with Gasteiger partial charge in [0.2, 0.25) is 0 Å². The lowest BCUT2D eigenvalue weighted by atomic mass is 9.87. The number of aldehydes is 1. The highest BCUT2D eigenvalue weighted by atomic mass is 16.4. The molecule has 1 fully saturated rings. The lowest BCUT2D eigenvalue weighted by Gasteiger charge is -2.21. The van der Waals surface area contributed by atoms with E-state index in [0.29, 0.717) is 36.7 Å². The van der Waals surface area contributed by atoms with E-state index >= 15 is 0 Å². The second-order valence-corrected chi connectivity index (χ2v) is 9.56. The highest BCUT2D eigenvalue weighted by Gasteiger charge is 2.21. The van der Waals surface area contributed by atoms with E-state index in [-0.39, 0.29) is 11.3 Å². The van der Waals surface area contributed by atoms with Crippen LogP contribution in [0.5, 0.6) is 0 Å². The van der Waals surface area contributed by atoms with Gasteiger partial charge in [-0.15, -0.1) is 0 Å². The molecule has 0 bridgehead atoms. The first-order valence-corrected chi connectivity index (χ1v) is 12.7. The highest BCUT2D eigenvalue weighted by Crippen LogP contribution is 2.27. The van der Waals surface area contributed by atoms with Crippen LogP contribution in [-0.4, -0.2) is 26.5 Å². The molecule has 0 atom stereocenters. The third kappa shape index (κ3) is 5.47. The summed E-state index contributed by atoms with van der Waals surface area (Å²) in [6, 6.07) is 14.6. The predicted octanol–water partition coefficient (Wildman–Crippen LogP) is 5.80. The Kier molecular flexibility index (Phi) is 8.01. The number of carboxylic acids is 1. The minimum atomic E-state index is -0.962. The third-order valence-corrected chi connectivity index (χ3v) is 7.22. The molecular weight excluding hydrogens is 440 g/mol. The Hall–Kier alpha value is -3.41. The summed E-state index contributed by atoms with van der Waals surface area (Å²) < 4.78 is 3.43. The lowest BCUT2D eigenvalue weighted by Crippen LogP contribution is -2.27. The van der Waals surface area contributed by atoms with E-state index in [1.807, 2.05) is 30.3 Å². The molecule has 1 aromatic heterocycles. The summed E-state index contributed by atoms with van der Waals surface area (Å²) >= 11 is 0. The first-order chi connectivity index (χ1) is 17.0. The molecule has 6 heteroatoms. The van der Waals surface area contributed by atoms with Crippen molar-refractivity contribution in [1.29, 1.82) is 0 Å². The zero-order valence-corrected chi connectivity index (χ0v) is 20.4. The third-order valence-electron chi connectivity index (χ3n) is 7.22. The molecule has 0 radical (unpaired) electrons. The Labute approximate surface area is 206 Å². The maximum Gasteiger partial charge on any atom is 0.336 e. The molecule has 1 aliphatic rings. The van der Waals surface area contributed by atoms with Gasteiger partial charge >= 0.3 is 11.7 Å². The van der Waals surface area contributed by atoms with Crippen molar-refractivity contribution in [3.63, 3.8) is 0 Å². The Morgan fingerprint density at radius 1 is 1.03 bits per heavy atom. The molecule has 35 heavy (non-hydrogen) atoms. The Balaban J connectivity index is 1.61. The number of carbonyl (C=O) groups is 2. The van der Waals surface area contributed by atoms with E-state index < -0.39 is 5.97 Å². The standard InChI is InChI=1S/C29H34N2O4/c1-2-8-26-27(20-32)30(18-17-21-9-4-3-5-10-21)29(35)31(26)19-22-13-15-23(16-14-22)24-11-6-7-12-25(24)28(33)34/h6-7,11-16,20-21H,2-5,8-10,17-19H2,1H3,(H,33,34). The van der Waals surface area contributed by atoms with Crippen LogP contribution in [0.3, 0.4) is 0 Å². The molecular formula is C29H34N2O4. The number of rotatable bonds is 10. The van der Waals surface area contributed by atoms with Gasteiger partial charge < -0.3 is 5.11 Å². The van der Waals surface area contributed by atoms with Crippen molar-refractivity contribution in [1.82, 2.24) is 9.13 Å². The average molecular weight is 475 g/mol. The number of hydrogen-bond acceptors (Lipinski definition) is 3. The fourth-order valence-corrected chi connectivity index (χ4v) is 5.35. The Morgan fingerprint density at radius 3 is 2.40 bits per heavy atom. The molecule has 1 N–H and O–H groups in total. The molecule has 1 aliphatic carbocycles. The van der Waals surface area contributed by atoms with Gasteiger partial charge in [0.05, 0.1) is 17.8 Å². The van der Waals surface area contributed by atoms with Crippen LogP contribution >= 0.6 is 0 Å². The first-order valence-electron chi connectivity index (χ1n) is 12.7. The fourth-order valence-electron chi connectivity index (χ4n) is 5.35. The molecule has 1 heterocycles. The van der Waals surface area contributed by atoms with Crippen LogP contribution in [-0.2, 0) is 19.5 Å². The molecule has 184 valence electrons. The number of carbonyl (C=O) groups excluding carboxylic acids is 1. The van der Waals surface area contributed by atoms with Crippen molar-refractivity contribution in [3.05, 3.63) is 81.5 Å². The van der Waals surface area contributed by atoms with Gasteiger partial charge in [0.1, 0.15) is 5.69 Å². The minimum Gasteiger partial charge on any atom is -0.478 e. The topological polar surface area (TPSA) is 81.3 Å². The van der Waals surface area contributed by atoms with E-state index in [0.717, 1.165) is 35.9 Å². The summed E-state index contributed by atoms with van der Waals surface area (Å²) in [6.07, 6.45) is 9.54. The summed E-state index contributed by atoms with van der Waals surface area (Å²) in [6.45, 7) is 3.02. The van der Waals surface area contributed by atoms with Crippen molar-refractivity contribution in [2.24, 2.45) is 5.92 Å². The molecule has 0 spiro atoms. The maximum atomic E-state index is 13.4. The Morgan fingerprint density at radius 2 is 1.74 bits per heavy atom. The predicted molar refractivity (Wildman–Crippen MR) is 137 cm³/mol. The summed E-state index contributed by atoms with van der Waals surface area (Å²) in [5.41, 5.74) is 3.86. The number of imidazole rings is 1. The van der Waals surface area contributed by atoms with Crippen LogP contribution in [0.15, 0.2) is 53.3 Å². The average Bonchev–Trinajstić information content (AvgIpc) is 3.13. The summed E-state index contributed by atoms with van der Waals surface area (Å²) in [5.74, 6) is -0.328. The van der Waals surface area contributed by atoms with Crippen LogP contribution < -0.4 is 5.69 Å². The van der Waals surface area contributed by atoms with Gasteiger partial charge in [0.15, 0.2) is 6.29 Å². The van der Waals surface area contributed by atoms with Gasteiger partial charge in [-0.2, -0.15) is 0 Å². The molecule has 3 aromatic rings. The van der Waals surface area contributed by atoms with Crippen molar-refractivity contribution < 1.29 is 14.7 Å². The van der Waals surface area contributed by atoms with Crippen molar-refractivity contribution in [3.8, 4) is 11.1 Å². The molecule has 0 aliphatic heterocycles. The highest BCUT2D eigenvalue weighted by molar-refractivity contribution is 5.96. The number of carboxylic acid groups (broad SMARTS) is 1. The zero-order valence-electron chi connectivity index (χ0n) is 20.4. The molecule has 0 amide bonds. The van der Waals surface area contributed by atoms with Crippen LogP contribution in [0.1, 0.15) is 84.0 Å². The largest absolute Gasteiger partial charge is 0.478 e. The monoisotopic (exact) mass is 474 g/mol. The lowest BCUT2D eigenvalue weighted by molar-refractivity contribution is 0.0697.